The van der Waals surface area contributed by atoms with Crippen molar-refractivity contribution in [3.8, 4) is 0 Å². The van der Waals surface area contributed by atoms with E-state index in [0.717, 1.165) is 18.0 Å². The number of carbonyl (C=O) groups excluding carboxylic acids is 1. The van der Waals surface area contributed by atoms with E-state index in [0.29, 0.717) is 11.5 Å². The summed E-state index contributed by atoms with van der Waals surface area (Å²) in [6.45, 7) is 2.57. The fraction of sp³-hybridized carbons (Fsp3) is 0.667. The number of nitrogens with one attached hydrogen (secondary N) is 1. The number of ether oxygens (including phenoxy) is 1. The minimum absolute atomic E-state index is 0.00630. The van der Waals surface area contributed by atoms with Gasteiger partial charge < -0.3 is 20.7 Å². The van der Waals surface area contributed by atoms with Crippen molar-refractivity contribution in [3.05, 3.63) is 4.88 Å². The average molecular weight is 286 g/mol. The highest BCUT2D eigenvalue weighted by Gasteiger charge is 2.19. The van der Waals surface area contributed by atoms with E-state index >= 15 is 0 Å². The van der Waals surface area contributed by atoms with E-state index in [1.165, 1.54) is 11.3 Å². The van der Waals surface area contributed by atoms with E-state index in [4.69, 9.17) is 10.5 Å². The first-order valence-electron chi connectivity index (χ1n) is 6.23. The molecular formula is C12H22N4O2S. The van der Waals surface area contributed by atoms with Crippen LogP contribution in [0.4, 0.5) is 10.9 Å². The summed E-state index contributed by atoms with van der Waals surface area (Å²) in [5, 5.41) is 3.66. The van der Waals surface area contributed by atoms with Gasteiger partial charge in [-0.15, -0.1) is 0 Å². The largest absolute Gasteiger partial charge is 0.383 e. The first kappa shape index (κ1) is 15.7. The zero-order chi connectivity index (χ0) is 14.4. The third-order valence-electron chi connectivity index (χ3n) is 2.57. The molecule has 0 saturated heterocycles. The van der Waals surface area contributed by atoms with E-state index in [2.05, 4.69) is 17.2 Å². The summed E-state index contributed by atoms with van der Waals surface area (Å²) >= 11 is 1.29. The van der Waals surface area contributed by atoms with Crippen molar-refractivity contribution in [2.24, 2.45) is 0 Å². The van der Waals surface area contributed by atoms with Crippen LogP contribution in [0.2, 0.25) is 0 Å². The monoisotopic (exact) mass is 286 g/mol. The molecular weight excluding hydrogens is 264 g/mol. The van der Waals surface area contributed by atoms with Gasteiger partial charge in [-0.2, -0.15) is 0 Å². The topological polar surface area (TPSA) is 80.5 Å². The highest BCUT2D eigenvalue weighted by molar-refractivity contribution is 7.18. The lowest BCUT2D eigenvalue weighted by molar-refractivity contribution is 0.0896. The van der Waals surface area contributed by atoms with E-state index in [1.54, 1.807) is 7.11 Å². The molecule has 0 aromatic carbocycles. The summed E-state index contributed by atoms with van der Waals surface area (Å²) in [5.41, 5.74) is 5.78. The Labute approximate surface area is 118 Å². The molecule has 1 aromatic rings. The van der Waals surface area contributed by atoms with Crippen LogP contribution in [-0.2, 0) is 4.74 Å². The molecule has 0 spiro atoms. The molecule has 0 aliphatic rings. The first-order chi connectivity index (χ1) is 8.99. The van der Waals surface area contributed by atoms with Gasteiger partial charge in [-0.3, -0.25) is 4.79 Å². The molecule has 1 amide bonds. The van der Waals surface area contributed by atoms with Crippen molar-refractivity contribution in [1.29, 1.82) is 0 Å². The maximum absolute atomic E-state index is 12.2. The second-order valence-electron chi connectivity index (χ2n) is 4.52. The fourth-order valence-electron chi connectivity index (χ4n) is 1.67. The van der Waals surface area contributed by atoms with Crippen LogP contribution in [0.1, 0.15) is 29.4 Å². The summed E-state index contributed by atoms with van der Waals surface area (Å²) in [6.07, 6.45) is 1.86. The van der Waals surface area contributed by atoms with Gasteiger partial charge in [-0.1, -0.05) is 24.7 Å². The normalized spacial score (nSPS) is 12.2. The molecule has 0 aliphatic carbocycles. The molecule has 108 valence electrons. The molecule has 0 fully saturated rings. The van der Waals surface area contributed by atoms with Crippen molar-refractivity contribution in [3.63, 3.8) is 0 Å². The zero-order valence-corrected chi connectivity index (χ0v) is 12.7. The highest BCUT2D eigenvalue weighted by Crippen LogP contribution is 2.26. The van der Waals surface area contributed by atoms with E-state index < -0.39 is 0 Å². The van der Waals surface area contributed by atoms with Crippen LogP contribution in [0.5, 0.6) is 0 Å². The number of hydrogen-bond donors (Lipinski definition) is 2. The second-order valence-corrected chi connectivity index (χ2v) is 5.50. The van der Waals surface area contributed by atoms with Gasteiger partial charge in [0.25, 0.3) is 5.91 Å². The minimum atomic E-state index is -0.182. The molecule has 1 aromatic heterocycles. The number of aromatic nitrogens is 1. The summed E-state index contributed by atoms with van der Waals surface area (Å²) in [5.74, 6) is 0.0949. The molecule has 0 bridgehead atoms. The van der Waals surface area contributed by atoms with Gasteiger partial charge in [0.1, 0.15) is 10.7 Å². The zero-order valence-electron chi connectivity index (χ0n) is 11.9. The quantitative estimate of drug-likeness (QED) is 0.790. The number of nitrogen functional groups attached to an aromatic ring is 1. The number of thiazole rings is 1. The van der Waals surface area contributed by atoms with Gasteiger partial charge in [-0.05, 0) is 6.42 Å². The molecule has 19 heavy (non-hydrogen) atoms. The van der Waals surface area contributed by atoms with Crippen LogP contribution in [0.15, 0.2) is 0 Å². The molecule has 3 N–H and O–H groups in total. The van der Waals surface area contributed by atoms with Crippen LogP contribution in [0.25, 0.3) is 0 Å². The Kier molecular flexibility index (Phi) is 6.04. The van der Waals surface area contributed by atoms with Crippen LogP contribution < -0.4 is 16.0 Å². The van der Waals surface area contributed by atoms with Crippen molar-refractivity contribution in [1.82, 2.24) is 10.3 Å². The number of anilines is 2. The Morgan fingerprint density at radius 1 is 1.58 bits per heavy atom. The molecule has 6 nitrogen and oxygen atoms in total. The maximum atomic E-state index is 12.2. The molecule has 0 aliphatic heterocycles. The Morgan fingerprint density at radius 2 is 2.26 bits per heavy atom. The van der Waals surface area contributed by atoms with Gasteiger partial charge in [0.05, 0.1) is 12.6 Å². The number of hydrogen-bond acceptors (Lipinski definition) is 6. The summed E-state index contributed by atoms with van der Waals surface area (Å²) in [4.78, 5) is 18.6. The van der Waals surface area contributed by atoms with E-state index in [9.17, 15) is 4.79 Å². The van der Waals surface area contributed by atoms with Crippen LogP contribution in [0, 0.1) is 0 Å². The number of carbonyl (C=O) groups is 1. The predicted molar refractivity (Wildman–Crippen MR) is 78.9 cm³/mol. The van der Waals surface area contributed by atoms with Crippen LogP contribution >= 0.6 is 11.3 Å². The van der Waals surface area contributed by atoms with Crippen LogP contribution in [-0.4, -0.2) is 44.7 Å². The van der Waals surface area contributed by atoms with Gasteiger partial charge in [0.2, 0.25) is 0 Å². The van der Waals surface area contributed by atoms with Crippen molar-refractivity contribution >= 4 is 28.2 Å². The predicted octanol–water partition coefficient (Wildman–Crippen LogP) is 1.34. The van der Waals surface area contributed by atoms with Crippen LogP contribution in [0.3, 0.4) is 0 Å². The molecule has 1 atom stereocenters. The standard InChI is InChI=1S/C12H22N4O2S/c1-5-6-8(7-18-4)14-11(17)9-10(13)15-12(19-9)16(2)3/h8H,5-7,13H2,1-4H3,(H,14,17). The van der Waals surface area contributed by atoms with Crippen molar-refractivity contribution in [2.75, 3.05) is 38.4 Å². The number of nitrogens with zero attached hydrogens (tertiary/aromatic N) is 2. The first-order valence-corrected chi connectivity index (χ1v) is 7.04. The number of rotatable bonds is 7. The number of methoxy groups -OCH3 is 1. The molecule has 0 radical (unpaired) electrons. The Morgan fingerprint density at radius 3 is 2.74 bits per heavy atom. The maximum Gasteiger partial charge on any atom is 0.265 e. The Bertz CT molecular complexity index is 414. The smallest absolute Gasteiger partial charge is 0.265 e. The van der Waals surface area contributed by atoms with Crippen molar-refractivity contribution < 1.29 is 9.53 Å². The van der Waals surface area contributed by atoms with Crippen molar-refractivity contribution in [2.45, 2.75) is 25.8 Å². The third kappa shape index (κ3) is 4.36. The third-order valence-corrected chi connectivity index (χ3v) is 3.81. The SMILES string of the molecule is CCCC(COC)NC(=O)c1sc(N(C)C)nc1N. The van der Waals surface area contributed by atoms with E-state index in [-0.39, 0.29) is 17.8 Å². The second kappa shape index (κ2) is 7.30. The lowest BCUT2D eigenvalue weighted by Gasteiger charge is -2.16. The van der Waals surface area contributed by atoms with Gasteiger partial charge in [0.15, 0.2) is 5.13 Å². The summed E-state index contributed by atoms with van der Waals surface area (Å²) < 4.78 is 5.10. The molecule has 1 unspecified atom stereocenters. The average Bonchev–Trinajstić information content (AvgIpc) is 2.72. The highest BCUT2D eigenvalue weighted by atomic mass is 32.1. The van der Waals surface area contributed by atoms with E-state index in [1.807, 2.05) is 19.0 Å². The molecule has 1 heterocycles. The lowest BCUT2D eigenvalue weighted by atomic mass is 10.2. The minimum Gasteiger partial charge on any atom is -0.383 e. The molecule has 0 saturated carbocycles. The molecule has 7 heteroatoms. The lowest BCUT2D eigenvalue weighted by Crippen LogP contribution is -2.37. The van der Waals surface area contributed by atoms with Gasteiger partial charge in [-0.25, -0.2) is 4.98 Å². The van der Waals surface area contributed by atoms with Gasteiger partial charge in [0, 0.05) is 21.2 Å². The summed E-state index contributed by atoms with van der Waals surface area (Å²) in [7, 11) is 5.36. The Balaban J connectivity index is 2.76. The fourth-order valence-corrected chi connectivity index (χ4v) is 2.48. The number of nitrogens with two attached hydrogens (primary N) is 1. The summed E-state index contributed by atoms with van der Waals surface area (Å²) in [6, 6.07) is 0.00630. The molecule has 1 rings (SSSR count). The number of amides is 1. The Hall–Kier alpha value is -1.34. The van der Waals surface area contributed by atoms with Gasteiger partial charge >= 0.3 is 0 Å².